The molecule has 42 heavy (non-hydrogen) atoms. The van der Waals surface area contributed by atoms with Crippen LogP contribution in [0.1, 0.15) is 11.1 Å². The molecule has 0 unspecified atom stereocenters. The fourth-order valence-corrected chi connectivity index (χ4v) is 5.80. The molecule has 3 aromatic heterocycles. The van der Waals surface area contributed by atoms with E-state index in [1.54, 1.807) is 6.20 Å². The summed E-state index contributed by atoms with van der Waals surface area (Å²) in [5.74, 6) is 0.996. The second-order valence-electron chi connectivity index (χ2n) is 10.2. The fourth-order valence-electron chi connectivity index (χ4n) is 5.80. The standard InChI is InChI=1S/C36H24N4O.Pt/c1-2-16-30-23(9-1)20-21-24-10-5-11-25(34(24)39-30)26-12-6-13-27-28-14-7-15-29(36(28)40-35(26)27)31-17-8-19-33(38-31)41-32-18-3-4-22-37-32;/h1-19,22H,20-21H2;/q-2;+2. The topological polar surface area (TPSA) is 63.2 Å². The van der Waals surface area contributed by atoms with E-state index >= 15 is 0 Å². The Morgan fingerprint density at radius 3 is 2.10 bits per heavy atom. The minimum atomic E-state index is 0. The van der Waals surface area contributed by atoms with Gasteiger partial charge in [-0.3, -0.25) is 0 Å². The van der Waals surface area contributed by atoms with Crippen molar-refractivity contribution >= 4 is 33.2 Å². The van der Waals surface area contributed by atoms with Gasteiger partial charge < -0.3 is 15.0 Å². The molecule has 0 fully saturated rings. The van der Waals surface area contributed by atoms with Crippen LogP contribution in [-0.2, 0) is 33.9 Å². The zero-order valence-corrected chi connectivity index (χ0v) is 24.7. The van der Waals surface area contributed by atoms with Crippen LogP contribution in [0.5, 0.6) is 11.8 Å². The molecule has 0 N–H and O–H groups in total. The summed E-state index contributed by atoms with van der Waals surface area (Å²) in [6.07, 6.45) is 3.65. The number of hydrogen-bond acceptors (Lipinski definition) is 3. The average Bonchev–Trinajstić information content (AvgIpc) is 3.30. The Labute approximate surface area is 257 Å². The maximum atomic E-state index is 5.92. The smallest absolute Gasteiger partial charge is 0.657 e. The Morgan fingerprint density at radius 2 is 1.24 bits per heavy atom. The molecule has 4 heterocycles. The molecular weight excluding hydrogens is 700 g/mol. The normalized spacial score (nSPS) is 12.1. The third kappa shape index (κ3) is 4.56. The van der Waals surface area contributed by atoms with Gasteiger partial charge in [0.15, 0.2) is 0 Å². The van der Waals surface area contributed by atoms with Gasteiger partial charge in [-0.1, -0.05) is 102 Å². The molecule has 7 aromatic rings. The number of hydrogen-bond donors (Lipinski definition) is 0. The van der Waals surface area contributed by atoms with Crippen LogP contribution in [0.3, 0.4) is 0 Å². The minimum absolute atomic E-state index is 0. The average molecular weight is 724 g/mol. The molecule has 0 bridgehead atoms. The van der Waals surface area contributed by atoms with Crippen LogP contribution >= 0.6 is 0 Å². The van der Waals surface area contributed by atoms with Gasteiger partial charge in [0.25, 0.3) is 0 Å². The van der Waals surface area contributed by atoms with Gasteiger partial charge in [-0.15, -0.1) is 22.4 Å². The summed E-state index contributed by atoms with van der Waals surface area (Å²) in [5.41, 5.74) is 10.5. The monoisotopic (exact) mass is 723 g/mol. The first-order chi connectivity index (χ1) is 20.3. The number of aromatic nitrogens is 3. The fraction of sp³-hybridized carbons (Fsp3) is 0.0556. The van der Waals surface area contributed by atoms with Crippen molar-refractivity contribution in [3.8, 4) is 34.1 Å². The molecule has 0 saturated carbocycles. The largest absolute Gasteiger partial charge is 2.00 e. The molecule has 0 aliphatic carbocycles. The predicted octanol–water partition coefficient (Wildman–Crippen LogP) is 9.30. The molecule has 6 heteroatoms. The number of rotatable bonds is 4. The molecule has 0 spiro atoms. The van der Waals surface area contributed by atoms with E-state index in [4.69, 9.17) is 20.0 Å². The van der Waals surface area contributed by atoms with E-state index in [9.17, 15) is 0 Å². The third-order valence-electron chi connectivity index (χ3n) is 7.73. The van der Waals surface area contributed by atoms with Crippen molar-refractivity contribution in [2.24, 2.45) is 0 Å². The molecule has 0 radical (unpaired) electrons. The Bertz CT molecular complexity index is 2070. The molecule has 1 aliphatic rings. The number of fused-ring (bicyclic) bond motifs is 5. The Balaban J connectivity index is 0.00000288. The maximum absolute atomic E-state index is 5.92. The zero-order chi connectivity index (χ0) is 27.2. The van der Waals surface area contributed by atoms with Crippen molar-refractivity contribution in [1.29, 1.82) is 0 Å². The van der Waals surface area contributed by atoms with Crippen molar-refractivity contribution in [3.05, 3.63) is 138 Å². The van der Waals surface area contributed by atoms with E-state index in [2.05, 4.69) is 83.8 Å². The van der Waals surface area contributed by atoms with Gasteiger partial charge in [0.05, 0.1) is 5.69 Å². The summed E-state index contributed by atoms with van der Waals surface area (Å²) in [4.78, 5) is 14.3. The van der Waals surface area contributed by atoms with E-state index in [1.807, 2.05) is 36.4 Å². The number of benzene rings is 4. The van der Waals surface area contributed by atoms with Gasteiger partial charge in [0, 0.05) is 18.3 Å². The summed E-state index contributed by atoms with van der Waals surface area (Å²) in [6, 6.07) is 39.0. The van der Waals surface area contributed by atoms with E-state index in [0.29, 0.717) is 11.8 Å². The third-order valence-corrected chi connectivity index (χ3v) is 7.73. The van der Waals surface area contributed by atoms with Gasteiger partial charge in [-0.25, -0.2) is 9.97 Å². The molecule has 8 rings (SSSR count). The van der Waals surface area contributed by atoms with Crippen LogP contribution < -0.4 is 9.72 Å². The first kappa shape index (κ1) is 26.2. The van der Waals surface area contributed by atoms with Gasteiger partial charge >= 0.3 is 21.1 Å². The van der Waals surface area contributed by atoms with Crippen molar-refractivity contribution in [3.63, 3.8) is 0 Å². The van der Waals surface area contributed by atoms with Crippen molar-refractivity contribution in [2.75, 3.05) is 0 Å². The molecule has 5 nitrogen and oxygen atoms in total. The predicted molar refractivity (Wildman–Crippen MR) is 164 cm³/mol. The summed E-state index contributed by atoms with van der Waals surface area (Å²) in [7, 11) is 0. The van der Waals surface area contributed by atoms with E-state index in [1.165, 1.54) is 11.1 Å². The van der Waals surface area contributed by atoms with Crippen molar-refractivity contribution < 1.29 is 25.8 Å². The summed E-state index contributed by atoms with van der Waals surface area (Å²) < 4.78 is 5.92. The molecule has 0 amide bonds. The SMILES string of the molecule is [Pt+2].c1ccc(Oc2cccc(-c3cccc4c3[n-]c3c(-c5cccc6c5[N-]c5ccccc5CC6)cccc34)n2)nc1. The molecule has 204 valence electrons. The van der Waals surface area contributed by atoms with Gasteiger partial charge in [0.1, 0.15) is 0 Å². The number of ether oxygens (including phenoxy) is 1. The summed E-state index contributed by atoms with van der Waals surface area (Å²) in [5, 5.41) is 7.41. The second-order valence-corrected chi connectivity index (χ2v) is 10.2. The van der Waals surface area contributed by atoms with Gasteiger partial charge in [-0.2, -0.15) is 0 Å². The van der Waals surface area contributed by atoms with Crippen LogP contribution in [0, 0.1) is 0 Å². The summed E-state index contributed by atoms with van der Waals surface area (Å²) >= 11 is 0. The summed E-state index contributed by atoms with van der Waals surface area (Å²) in [6.45, 7) is 0. The maximum Gasteiger partial charge on any atom is 2.00 e. The first-order valence-electron chi connectivity index (χ1n) is 13.8. The molecule has 1 aliphatic heterocycles. The first-order valence-corrected chi connectivity index (χ1v) is 13.8. The quantitative estimate of drug-likeness (QED) is 0.182. The Hall–Kier alpha value is -4.73. The van der Waals surface area contributed by atoms with E-state index in [-0.39, 0.29) is 21.1 Å². The van der Waals surface area contributed by atoms with Gasteiger partial charge in [0.2, 0.25) is 11.8 Å². The number of para-hydroxylation sites is 4. The van der Waals surface area contributed by atoms with Crippen LogP contribution in [0.2, 0.25) is 0 Å². The molecular formula is C36H24N4OPt. The van der Waals surface area contributed by atoms with Crippen LogP contribution in [0.4, 0.5) is 11.4 Å². The zero-order valence-electron chi connectivity index (χ0n) is 22.5. The number of aryl methyl sites for hydroxylation is 2. The van der Waals surface area contributed by atoms with Crippen molar-refractivity contribution in [2.45, 2.75) is 12.8 Å². The molecule has 4 aromatic carbocycles. The molecule has 0 saturated heterocycles. The van der Waals surface area contributed by atoms with Gasteiger partial charge in [-0.05, 0) is 52.4 Å². The number of pyridine rings is 2. The second kappa shape index (κ2) is 10.9. The number of nitrogens with zero attached hydrogens (tertiary/aromatic N) is 4. The van der Waals surface area contributed by atoms with Crippen LogP contribution in [-0.4, -0.2) is 9.97 Å². The molecule has 0 atom stereocenters. The Morgan fingerprint density at radius 1 is 0.571 bits per heavy atom. The van der Waals surface area contributed by atoms with E-state index in [0.717, 1.165) is 68.4 Å². The van der Waals surface area contributed by atoms with E-state index < -0.39 is 0 Å². The van der Waals surface area contributed by atoms with Crippen LogP contribution in [0.25, 0.3) is 49.5 Å². The minimum Gasteiger partial charge on any atom is -0.657 e. The van der Waals surface area contributed by atoms with Crippen LogP contribution in [0.15, 0.2) is 121 Å². The Kier molecular flexibility index (Phi) is 6.81. The van der Waals surface area contributed by atoms with Crippen molar-refractivity contribution in [1.82, 2.24) is 15.0 Å².